The summed E-state index contributed by atoms with van der Waals surface area (Å²) in [6.07, 6.45) is 5.20. The predicted octanol–water partition coefficient (Wildman–Crippen LogP) is 4.76. The molecule has 2 aromatic rings. The molecule has 2 aromatic carbocycles. The van der Waals surface area contributed by atoms with Crippen LogP contribution in [-0.2, 0) is 11.2 Å². The Kier molecular flexibility index (Phi) is 3.83. The summed E-state index contributed by atoms with van der Waals surface area (Å²) in [6, 6.07) is 16.4. The van der Waals surface area contributed by atoms with Gasteiger partial charge in [-0.25, -0.2) is 0 Å². The topological polar surface area (TPSA) is 17.1 Å². The molecule has 1 nitrogen and oxygen atoms in total. The van der Waals surface area contributed by atoms with E-state index >= 15 is 0 Å². The third-order valence-electron chi connectivity index (χ3n) is 3.83. The molecule has 3 rings (SSSR count). The first-order valence-corrected chi connectivity index (χ1v) is 7.56. The second-order valence-corrected chi connectivity index (χ2v) is 6.00. The lowest BCUT2D eigenvalue weighted by Gasteiger charge is -2.24. The van der Waals surface area contributed by atoms with Crippen LogP contribution in [0.5, 0.6) is 0 Å². The SMILES string of the molecule is O=CC1/C(=C/c2ccc(Br)cc2)CCc2ccccc21. The van der Waals surface area contributed by atoms with Crippen LogP contribution in [0.4, 0.5) is 0 Å². The van der Waals surface area contributed by atoms with Gasteiger partial charge in [-0.15, -0.1) is 0 Å². The average molecular weight is 327 g/mol. The standard InChI is InChI=1S/C18H15BrO/c19-16-9-5-13(6-10-16)11-15-8-7-14-3-1-2-4-17(14)18(15)12-20/h1-6,9-12,18H,7-8H2/b15-11+. The number of rotatable bonds is 2. The lowest BCUT2D eigenvalue weighted by molar-refractivity contribution is -0.108. The Morgan fingerprint density at radius 2 is 1.75 bits per heavy atom. The number of hydrogen-bond donors (Lipinski definition) is 0. The van der Waals surface area contributed by atoms with Gasteiger partial charge < -0.3 is 4.79 Å². The lowest BCUT2D eigenvalue weighted by Crippen LogP contribution is -2.13. The Bertz CT molecular complexity index is 655. The van der Waals surface area contributed by atoms with E-state index in [4.69, 9.17) is 0 Å². The molecule has 0 aliphatic heterocycles. The first-order chi connectivity index (χ1) is 9.78. The van der Waals surface area contributed by atoms with Crippen LogP contribution < -0.4 is 0 Å². The zero-order valence-corrected chi connectivity index (χ0v) is 12.6. The highest BCUT2D eigenvalue weighted by atomic mass is 79.9. The van der Waals surface area contributed by atoms with E-state index in [1.54, 1.807) is 0 Å². The summed E-state index contributed by atoms with van der Waals surface area (Å²) in [5, 5.41) is 0. The normalized spacial score (nSPS) is 19.6. The van der Waals surface area contributed by atoms with Gasteiger partial charge in [-0.05, 0) is 41.7 Å². The molecule has 0 N–H and O–H groups in total. The zero-order chi connectivity index (χ0) is 13.9. The molecule has 0 heterocycles. The second-order valence-electron chi connectivity index (χ2n) is 5.08. The lowest BCUT2D eigenvalue weighted by atomic mass is 9.79. The van der Waals surface area contributed by atoms with E-state index in [1.165, 1.54) is 11.1 Å². The van der Waals surface area contributed by atoms with Crippen molar-refractivity contribution in [3.8, 4) is 0 Å². The summed E-state index contributed by atoms with van der Waals surface area (Å²) in [4.78, 5) is 11.5. The van der Waals surface area contributed by atoms with Gasteiger partial charge in [0.1, 0.15) is 6.29 Å². The van der Waals surface area contributed by atoms with E-state index in [-0.39, 0.29) is 5.92 Å². The predicted molar refractivity (Wildman–Crippen MR) is 85.7 cm³/mol. The molecule has 0 spiro atoms. The molecule has 1 atom stereocenters. The summed E-state index contributed by atoms with van der Waals surface area (Å²) < 4.78 is 1.07. The van der Waals surface area contributed by atoms with Crippen molar-refractivity contribution in [1.29, 1.82) is 0 Å². The van der Waals surface area contributed by atoms with Crippen molar-refractivity contribution < 1.29 is 4.79 Å². The molecule has 1 aliphatic carbocycles. The summed E-state index contributed by atoms with van der Waals surface area (Å²) in [7, 11) is 0. The minimum Gasteiger partial charge on any atom is -0.302 e. The highest BCUT2D eigenvalue weighted by Gasteiger charge is 2.23. The van der Waals surface area contributed by atoms with Crippen LogP contribution in [0.25, 0.3) is 6.08 Å². The van der Waals surface area contributed by atoms with E-state index in [1.807, 2.05) is 24.3 Å². The monoisotopic (exact) mass is 326 g/mol. The van der Waals surface area contributed by atoms with Crippen LogP contribution in [0, 0.1) is 0 Å². The Morgan fingerprint density at radius 1 is 1.00 bits per heavy atom. The highest BCUT2D eigenvalue weighted by Crippen LogP contribution is 2.35. The molecular weight excluding hydrogens is 312 g/mol. The van der Waals surface area contributed by atoms with Gasteiger partial charge in [0.25, 0.3) is 0 Å². The third-order valence-corrected chi connectivity index (χ3v) is 4.36. The molecule has 0 bridgehead atoms. The fourth-order valence-electron chi connectivity index (χ4n) is 2.80. The van der Waals surface area contributed by atoms with Crippen LogP contribution in [0.15, 0.2) is 58.6 Å². The van der Waals surface area contributed by atoms with E-state index in [0.717, 1.165) is 34.7 Å². The van der Waals surface area contributed by atoms with Crippen molar-refractivity contribution in [2.45, 2.75) is 18.8 Å². The van der Waals surface area contributed by atoms with Crippen LogP contribution in [0.3, 0.4) is 0 Å². The minimum atomic E-state index is -0.0939. The van der Waals surface area contributed by atoms with Crippen molar-refractivity contribution in [2.24, 2.45) is 0 Å². The number of benzene rings is 2. The van der Waals surface area contributed by atoms with Crippen molar-refractivity contribution in [3.05, 3.63) is 75.3 Å². The van der Waals surface area contributed by atoms with Gasteiger partial charge >= 0.3 is 0 Å². The number of aryl methyl sites for hydroxylation is 1. The van der Waals surface area contributed by atoms with Crippen molar-refractivity contribution >= 4 is 28.3 Å². The summed E-state index contributed by atoms with van der Waals surface area (Å²) >= 11 is 3.44. The summed E-state index contributed by atoms with van der Waals surface area (Å²) in [5.74, 6) is -0.0939. The average Bonchev–Trinajstić information content (AvgIpc) is 2.49. The van der Waals surface area contributed by atoms with Gasteiger partial charge in [0.2, 0.25) is 0 Å². The first kappa shape index (κ1) is 13.3. The van der Waals surface area contributed by atoms with Crippen LogP contribution in [0.1, 0.15) is 29.0 Å². The second kappa shape index (κ2) is 5.76. The summed E-state index contributed by atoms with van der Waals surface area (Å²) in [5.41, 5.74) is 4.82. The molecule has 0 aromatic heterocycles. The minimum absolute atomic E-state index is 0.0939. The summed E-state index contributed by atoms with van der Waals surface area (Å²) in [6.45, 7) is 0. The maximum atomic E-state index is 11.5. The van der Waals surface area contributed by atoms with Crippen LogP contribution >= 0.6 is 15.9 Å². The van der Waals surface area contributed by atoms with E-state index < -0.39 is 0 Å². The number of allylic oxidation sites excluding steroid dienone is 1. The Hall–Kier alpha value is -1.67. The van der Waals surface area contributed by atoms with Crippen LogP contribution in [0.2, 0.25) is 0 Å². The number of aldehydes is 1. The fourth-order valence-corrected chi connectivity index (χ4v) is 3.06. The van der Waals surface area contributed by atoms with E-state index in [9.17, 15) is 4.79 Å². The maximum absolute atomic E-state index is 11.5. The molecule has 0 radical (unpaired) electrons. The van der Waals surface area contributed by atoms with Gasteiger partial charge in [0, 0.05) is 4.47 Å². The fraction of sp³-hybridized carbons (Fsp3) is 0.167. The largest absolute Gasteiger partial charge is 0.302 e. The zero-order valence-electron chi connectivity index (χ0n) is 11.1. The highest BCUT2D eigenvalue weighted by molar-refractivity contribution is 9.10. The quantitative estimate of drug-likeness (QED) is 0.727. The Labute approximate surface area is 127 Å². The van der Waals surface area contributed by atoms with Gasteiger partial charge in [0.15, 0.2) is 0 Å². The van der Waals surface area contributed by atoms with E-state index in [2.05, 4.69) is 46.3 Å². The van der Waals surface area contributed by atoms with Gasteiger partial charge in [-0.3, -0.25) is 0 Å². The number of halogens is 1. The molecule has 0 fully saturated rings. The molecule has 0 saturated heterocycles. The molecular formula is C18H15BrO. The molecule has 1 aliphatic rings. The first-order valence-electron chi connectivity index (χ1n) is 6.77. The molecule has 1 unspecified atom stereocenters. The maximum Gasteiger partial charge on any atom is 0.131 e. The van der Waals surface area contributed by atoms with Crippen molar-refractivity contribution in [1.82, 2.24) is 0 Å². The molecule has 0 saturated carbocycles. The number of hydrogen-bond acceptors (Lipinski definition) is 1. The van der Waals surface area contributed by atoms with Gasteiger partial charge in [-0.1, -0.05) is 64.0 Å². The third kappa shape index (κ3) is 2.61. The molecule has 0 amide bonds. The van der Waals surface area contributed by atoms with Crippen molar-refractivity contribution in [2.75, 3.05) is 0 Å². The smallest absolute Gasteiger partial charge is 0.131 e. The van der Waals surface area contributed by atoms with Gasteiger partial charge in [0.05, 0.1) is 5.92 Å². The Morgan fingerprint density at radius 3 is 2.50 bits per heavy atom. The van der Waals surface area contributed by atoms with E-state index in [0.29, 0.717) is 0 Å². The molecule has 100 valence electrons. The van der Waals surface area contributed by atoms with Crippen LogP contribution in [-0.4, -0.2) is 6.29 Å². The molecule has 2 heteroatoms. The number of carbonyl (C=O) groups is 1. The van der Waals surface area contributed by atoms with Gasteiger partial charge in [-0.2, -0.15) is 0 Å². The number of carbonyl (C=O) groups excluding carboxylic acids is 1. The number of fused-ring (bicyclic) bond motifs is 1. The van der Waals surface area contributed by atoms with Crippen molar-refractivity contribution in [3.63, 3.8) is 0 Å². The Balaban J connectivity index is 1.99. The molecule has 20 heavy (non-hydrogen) atoms.